The van der Waals surface area contributed by atoms with Gasteiger partial charge in [-0.2, -0.15) is 0 Å². The summed E-state index contributed by atoms with van der Waals surface area (Å²) in [5, 5.41) is 12.7. The zero-order chi connectivity index (χ0) is 13.4. The van der Waals surface area contributed by atoms with Crippen LogP contribution in [0.3, 0.4) is 0 Å². The Morgan fingerprint density at radius 1 is 1.44 bits per heavy atom. The molecule has 0 heterocycles. The number of nitrogens with one attached hydrogen (secondary N) is 1. The molecule has 0 bridgehead atoms. The molecule has 0 fully saturated rings. The van der Waals surface area contributed by atoms with E-state index in [9.17, 15) is 9.50 Å². The van der Waals surface area contributed by atoms with Gasteiger partial charge in [0.25, 0.3) is 0 Å². The second-order valence-electron chi connectivity index (χ2n) is 3.73. The summed E-state index contributed by atoms with van der Waals surface area (Å²) in [6.07, 6.45) is -0.711. The number of hydrogen-bond donors (Lipinski definition) is 2. The number of benzene rings is 1. The number of rotatable bonds is 8. The fourth-order valence-electron chi connectivity index (χ4n) is 1.28. The number of anilines is 1. The molecule has 0 aliphatic heterocycles. The first-order valence-electron chi connectivity index (χ1n) is 5.57. The highest BCUT2D eigenvalue weighted by molar-refractivity contribution is 6.30. The molecule has 1 aromatic rings. The largest absolute Gasteiger partial charge is 0.389 e. The van der Waals surface area contributed by atoms with E-state index in [4.69, 9.17) is 21.1 Å². The average molecular weight is 278 g/mol. The van der Waals surface area contributed by atoms with Gasteiger partial charge >= 0.3 is 0 Å². The van der Waals surface area contributed by atoms with Gasteiger partial charge in [0.15, 0.2) is 0 Å². The first kappa shape index (κ1) is 15.2. The molecule has 4 nitrogen and oxygen atoms in total. The maximum Gasteiger partial charge on any atom is 0.147 e. The van der Waals surface area contributed by atoms with Gasteiger partial charge in [0, 0.05) is 18.7 Å². The molecule has 0 aromatic heterocycles. The Morgan fingerprint density at radius 2 is 2.22 bits per heavy atom. The van der Waals surface area contributed by atoms with Crippen LogP contribution in [0.25, 0.3) is 0 Å². The molecule has 18 heavy (non-hydrogen) atoms. The van der Waals surface area contributed by atoms with Gasteiger partial charge in [-0.1, -0.05) is 11.6 Å². The summed E-state index contributed by atoms with van der Waals surface area (Å²) in [5.41, 5.74) is 0.301. The van der Waals surface area contributed by atoms with Crippen LogP contribution in [0.4, 0.5) is 10.1 Å². The average Bonchev–Trinajstić information content (AvgIpc) is 2.33. The lowest BCUT2D eigenvalue weighted by molar-refractivity contribution is 0.0182. The zero-order valence-electron chi connectivity index (χ0n) is 10.2. The molecule has 1 aromatic carbocycles. The van der Waals surface area contributed by atoms with Gasteiger partial charge in [0.2, 0.25) is 0 Å². The number of halogens is 2. The summed E-state index contributed by atoms with van der Waals surface area (Å²) in [7, 11) is 1.57. The van der Waals surface area contributed by atoms with Gasteiger partial charge in [-0.05, 0) is 18.2 Å². The molecular formula is C12H17ClFNO3. The minimum absolute atomic E-state index is 0.172. The quantitative estimate of drug-likeness (QED) is 0.713. The number of aliphatic hydroxyl groups is 1. The van der Waals surface area contributed by atoms with Gasteiger partial charge in [0.05, 0.1) is 31.6 Å². The summed E-state index contributed by atoms with van der Waals surface area (Å²) in [6.45, 7) is 1.27. The zero-order valence-corrected chi connectivity index (χ0v) is 10.9. The summed E-state index contributed by atoms with van der Waals surface area (Å²) in [6, 6.07) is 4.32. The third-order valence-corrected chi connectivity index (χ3v) is 2.44. The molecule has 1 rings (SSSR count). The van der Waals surface area contributed by atoms with Crippen molar-refractivity contribution < 1.29 is 19.0 Å². The standard InChI is InChI=1S/C12H17ClFNO3/c1-17-4-5-18-8-10(16)7-15-12-3-2-9(13)6-11(12)14/h2-3,6,10,15-16H,4-5,7-8H2,1H3. The van der Waals surface area contributed by atoms with E-state index in [-0.39, 0.29) is 13.2 Å². The van der Waals surface area contributed by atoms with Crippen molar-refractivity contribution in [2.75, 3.05) is 38.8 Å². The topological polar surface area (TPSA) is 50.7 Å². The first-order valence-corrected chi connectivity index (χ1v) is 5.95. The highest BCUT2D eigenvalue weighted by Gasteiger charge is 2.07. The Morgan fingerprint density at radius 3 is 2.89 bits per heavy atom. The summed E-state index contributed by atoms with van der Waals surface area (Å²) < 4.78 is 23.3. The summed E-state index contributed by atoms with van der Waals surface area (Å²) in [4.78, 5) is 0. The predicted octanol–water partition coefficient (Wildman–Crippen LogP) is 1.91. The third-order valence-electron chi connectivity index (χ3n) is 2.20. The molecule has 0 spiro atoms. The van der Waals surface area contributed by atoms with Gasteiger partial charge in [0.1, 0.15) is 5.82 Å². The van der Waals surface area contributed by atoms with Crippen LogP contribution in [0.1, 0.15) is 0 Å². The Bertz CT molecular complexity index is 365. The van der Waals surface area contributed by atoms with Crippen LogP contribution in [-0.2, 0) is 9.47 Å². The molecular weight excluding hydrogens is 261 g/mol. The smallest absolute Gasteiger partial charge is 0.147 e. The highest BCUT2D eigenvalue weighted by Crippen LogP contribution is 2.18. The Labute approximate surface area is 111 Å². The van der Waals surface area contributed by atoms with Crippen LogP contribution in [0.2, 0.25) is 5.02 Å². The molecule has 0 saturated heterocycles. The van der Waals surface area contributed by atoms with Crippen molar-refractivity contribution >= 4 is 17.3 Å². The SMILES string of the molecule is COCCOCC(O)CNc1ccc(Cl)cc1F. The van der Waals surface area contributed by atoms with E-state index in [1.807, 2.05) is 0 Å². The fraction of sp³-hybridized carbons (Fsp3) is 0.500. The summed E-state index contributed by atoms with van der Waals surface area (Å²) >= 11 is 5.63. The van der Waals surface area contributed by atoms with E-state index < -0.39 is 11.9 Å². The third kappa shape index (κ3) is 5.64. The van der Waals surface area contributed by atoms with Gasteiger partial charge in [-0.3, -0.25) is 0 Å². The molecule has 0 aliphatic rings. The Balaban J connectivity index is 2.27. The van der Waals surface area contributed by atoms with Crippen LogP contribution >= 0.6 is 11.6 Å². The van der Waals surface area contributed by atoms with E-state index in [1.165, 1.54) is 12.1 Å². The Kier molecular flexibility index (Phi) is 6.97. The lowest BCUT2D eigenvalue weighted by Crippen LogP contribution is -2.25. The van der Waals surface area contributed by atoms with E-state index in [1.54, 1.807) is 13.2 Å². The molecule has 0 aliphatic carbocycles. The number of aliphatic hydroxyl groups excluding tert-OH is 1. The van der Waals surface area contributed by atoms with Crippen molar-refractivity contribution in [2.24, 2.45) is 0 Å². The maximum absolute atomic E-state index is 13.4. The molecule has 102 valence electrons. The summed E-state index contributed by atoms with van der Waals surface area (Å²) in [5.74, 6) is -0.449. The first-order chi connectivity index (χ1) is 8.63. The normalized spacial score (nSPS) is 12.4. The van der Waals surface area contributed by atoms with Crippen molar-refractivity contribution in [2.45, 2.75) is 6.10 Å². The van der Waals surface area contributed by atoms with Crippen molar-refractivity contribution in [1.29, 1.82) is 0 Å². The molecule has 0 radical (unpaired) electrons. The van der Waals surface area contributed by atoms with E-state index in [0.717, 1.165) is 0 Å². The molecule has 0 amide bonds. The molecule has 6 heteroatoms. The van der Waals surface area contributed by atoms with Crippen LogP contribution < -0.4 is 5.32 Å². The predicted molar refractivity (Wildman–Crippen MR) is 68.6 cm³/mol. The molecule has 1 atom stereocenters. The second kappa shape index (κ2) is 8.26. The minimum atomic E-state index is -0.711. The van der Waals surface area contributed by atoms with Crippen LogP contribution in [-0.4, -0.2) is 44.7 Å². The van der Waals surface area contributed by atoms with E-state index >= 15 is 0 Å². The second-order valence-corrected chi connectivity index (χ2v) is 4.16. The number of hydrogen-bond acceptors (Lipinski definition) is 4. The number of ether oxygens (including phenoxy) is 2. The highest BCUT2D eigenvalue weighted by atomic mass is 35.5. The van der Waals surface area contributed by atoms with Crippen molar-refractivity contribution in [1.82, 2.24) is 0 Å². The van der Waals surface area contributed by atoms with Crippen molar-refractivity contribution in [3.8, 4) is 0 Å². The van der Waals surface area contributed by atoms with Crippen LogP contribution in [0.15, 0.2) is 18.2 Å². The molecule has 0 saturated carbocycles. The number of methoxy groups -OCH3 is 1. The fourth-order valence-corrected chi connectivity index (χ4v) is 1.44. The lowest BCUT2D eigenvalue weighted by Gasteiger charge is -2.13. The lowest BCUT2D eigenvalue weighted by atomic mass is 10.3. The van der Waals surface area contributed by atoms with Crippen LogP contribution in [0, 0.1) is 5.82 Å². The minimum Gasteiger partial charge on any atom is -0.389 e. The Hall–Kier alpha value is -0.880. The maximum atomic E-state index is 13.4. The monoisotopic (exact) mass is 277 g/mol. The van der Waals surface area contributed by atoms with E-state index in [2.05, 4.69) is 5.32 Å². The van der Waals surface area contributed by atoms with E-state index in [0.29, 0.717) is 23.9 Å². The van der Waals surface area contributed by atoms with Crippen LogP contribution in [0.5, 0.6) is 0 Å². The van der Waals surface area contributed by atoms with Gasteiger partial charge < -0.3 is 19.9 Å². The molecule has 1 unspecified atom stereocenters. The molecule has 2 N–H and O–H groups in total. The van der Waals surface area contributed by atoms with Gasteiger partial charge in [-0.15, -0.1) is 0 Å². The van der Waals surface area contributed by atoms with Gasteiger partial charge in [-0.25, -0.2) is 4.39 Å². The van der Waals surface area contributed by atoms with Crippen molar-refractivity contribution in [3.63, 3.8) is 0 Å². The van der Waals surface area contributed by atoms with Crippen molar-refractivity contribution in [3.05, 3.63) is 29.0 Å².